The largest absolute Gasteiger partial charge is 0.323 e. The number of aryl methyl sites for hydroxylation is 1. The van der Waals surface area contributed by atoms with Gasteiger partial charge in [-0.2, -0.15) is 0 Å². The van der Waals surface area contributed by atoms with E-state index in [-0.39, 0.29) is 0 Å². The van der Waals surface area contributed by atoms with Crippen LogP contribution in [0, 0.1) is 0 Å². The Morgan fingerprint density at radius 3 is 2.90 bits per heavy atom. The summed E-state index contributed by atoms with van der Waals surface area (Å²) in [6.45, 7) is 4.46. The number of nitrogens with zero attached hydrogens (tertiary/aromatic N) is 2. The Bertz CT molecular complexity index is 623. The summed E-state index contributed by atoms with van der Waals surface area (Å²) in [7, 11) is 1.99. The lowest BCUT2D eigenvalue weighted by Crippen LogP contribution is -2.33. The Labute approximate surface area is 127 Å². The van der Waals surface area contributed by atoms with E-state index in [1.165, 1.54) is 23.2 Å². The van der Waals surface area contributed by atoms with E-state index in [4.69, 9.17) is 0 Å². The van der Waals surface area contributed by atoms with Crippen molar-refractivity contribution in [3.05, 3.63) is 53.7 Å². The molecule has 0 bridgehead atoms. The van der Waals surface area contributed by atoms with Crippen LogP contribution in [-0.2, 0) is 6.42 Å². The molecule has 0 radical (unpaired) electrons. The van der Waals surface area contributed by atoms with Gasteiger partial charge in [0.2, 0.25) is 0 Å². The quantitative estimate of drug-likeness (QED) is 0.926. The van der Waals surface area contributed by atoms with Gasteiger partial charge in [0.25, 0.3) is 0 Å². The topological polar surface area (TPSA) is 28.2 Å². The molecule has 2 aromatic rings. The number of para-hydroxylation sites is 1. The molecule has 3 rings (SSSR count). The van der Waals surface area contributed by atoms with Crippen molar-refractivity contribution in [3.63, 3.8) is 0 Å². The van der Waals surface area contributed by atoms with Gasteiger partial charge in [0, 0.05) is 24.0 Å². The van der Waals surface area contributed by atoms with Gasteiger partial charge < -0.3 is 10.2 Å². The third kappa shape index (κ3) is 2.66. The number of anilines is 2. The average molecular weight is 281 g/mol. The van der Waals surface area contributed by atoms with Crippen molar-refractivity contribution in [2.45, 2.75) is 38.8 Å². The zero-order valence-corrected chi connectivity index (χ0v) is 13.0. The van der Waals surface area contributed by atoms with E-state index in [2.05, 4.69) is 65.4 Å². The van der Waals surface area contributed by atoms with Crippen LogP contribution in [-0.4, -0.2) is 18.1 Å². The molecule has 3 heteroatoms. The van der Waals surface area contributed by atoms with E-state index < -0.39 is 0 Å². The molecule has 0 spiro atoms. The monoisotopic (exact) mass is 281 g/mol. The van der Waals surface area contributed by atoms with Crippen molar-refractivity contribution < 1.29 is 0 Å². The first-order valence-corrected chi connectivity index (χ1v) is 7.71. The summed E-state index contributed by atoms with van der Waals surface area (Å²) < 4.78 is 0. The van der Waals surface area contributed by atoms with Crippen LogP contribution in [0.15, 0.2) is 42.6 Å². The summed E-state index contributed by atoms with van der Waals surface area (Å²) in [5.74, 6) is 1.05. The number of nitrogens with one attached hydrogen (secondary N) is 1. The van der Waals surface area contributed by atoms with Crippen LogP contribution in [0.5, 0.6) is 0 Å². The third-order valence-corrected chi connectivity index (χ3v) is 4.47. The standard InChI is InChI=1S/C18H23N3/c1-13-8-9-15-6-4-5-7-17(15)21(13)18-12-16(10-11-20-18)14(2)19-3/h4-7,10-14,19H,8-9H2,1-3H3. The van der Waals surface area contributed by atoms with Gasteiger partial charge in [-0.1, -0.05) is 18.2 Å². The molecular formula is C18H23N3. The smallest absolute Gasteiger partial charge is 0.133 e. The lowest BCUT2D eigenvalue weighted by Gasteiger charge is -2.36. The van der Waals surface area contributed by atoms with E-state index in [0.29, 0.717) is 12.1 Å². The molecule has 1 aromatic heterocycles. The van der Waals surface area contributed by atoms with Gasteiger partial charge in [0.1, 0.15) is 5.82 Å². The molecule has 0 saturated carbocycles. The number of fused-ring (bicyclic) bond motifs is 1. The van der Waals surface area contributed by atoms with Crippen LogP contribution in [0.2, 0.25) is 0 Å². The number of hydrogen-bond donors (Lipinski definition) is 1. The minimum atomic E-state index is 0.335. The summed E-state index contributed by atoms with van der Waals surface area (Å²) in [6.07, 6.45) is 4.24. The zero-order chi connectivity index (χ0) is 14.8. The molecular weight excluding hydrogens is 258 g/mol. The SMILES string of the molecule is CNC(C)c1ccnc(N2c3ccccc3CCC2C)c1. The molecule has 2 heterocycles. The Balaban J connectivity index is 2.03. The predicted molar refractivity (Wildman–Crippen MR) is 88.1 cm³/mol. The van der Waals surface area contributed by atoms with Crippen LogP contribution < -0.4 is 10.2 Å². The van der Waals surface area contributed by atoms with Crippen molar-refractivity contribution in [2.75, 3.05) is 11.9 Å². The van der Waals surface area contributed by atoms with E-state index in [1.54, 1.807) is 0 Å². The first-order valence-electron chi connectivity index (χ1n) is 7.71. The minimum Gasteiger partial charge on any atom is -0.323 e. The van der Waals surface area contributed by atoms with E-state index in [9.17, 15) is 0 Å². The summed E-state index contributed by atoms with van der Waals surface area (Å²) in [4.78, 5) is 7.01. The molecule has 1 aliphatic heterocycles. The van der Waals surface area contributed by atoms with Gasteiger partial charge in [-0.3, -0.25) is 0 Å². The maximum Gasteiger partial charge on any atom is 0.133 e. The fraction of sp³-hybridized carbons (Fsp3) is 0.389. The van der Waals surface area contributed by atoms with E-state index in [0.717, 1.165) is 12.2 Å². The number of rotatable bonds is 3. The highest BCUT2D eigenvalue weighted by Crippen LogP contribution is 2.36. The first kappa shape index (κ1) is 14.1. The lowest BCUT2D eigenvalue weighted by molar-refractivity contribution is 0.610. The van der Waals surface area contributed by atoms with Crippen LogP contribution in [0.3, 0.4) is 0 Å². The Morgan fingerprint density at radius 1 is 1.29 bits per heavy atom. The van der Waals surface area contributed by atoms with Crippen molar-refractivity contribution in [1.29, 1.82) is 0 Å². The molecule has 1 aromatic carbocycles. The highest BCUT2D eigenvalue weighted by atomic mass is 15.2. The van der Waals surface area contributed by atoms with Gasteiger partial charge in [-0.05, 0) is 63.1 Å². The molecule has 0 saturated heterocycles. The molecule has 1 N–H and O–H groups in total. The van der Waals surface area contributed by atoms with E-state index in [1.807, 2.05) is 13.2 Å². The minimum absolute atomic E-state index is 0.335. The third-order valence-electron chi connectivity index (χ3n) is 4.47. The van der Waals surface area contributed by atoms with Crippen LogP contribution in [0.25, 0.3) is 0 Å². The lowest BCUT2D eigenvalue weighted by atomic mass is 9.96. The van der Waals surface area contributed by atoms with Crippen LogP contribution >= 0.6 is 0 Å². The molecule has 3 nitrogen and oxygen atoms in total. The molecule has 0 aliphatic carbocycles. The normalized spacial score (nSPS) is 19.2. The Kier molecular flexibility index (Phi) is 3.93. The molecule has 1 aliphatic rings. The summed E-state index contributed by atoms with van der Waals surface area (Å²) in [5, 5.41) is 3.30. The van der Waals surface area contributed by atoms with Crippen molar-refractivity contribution in [2.24, 2.45) is 0 Å². The first-order chi connectivity index (χ1) is 10.2. The van der Waals surface area contributed by atoms with Crippen molar-refractivity contribution >= 4 is 11.5 Å². The van der Waals surface area contributed by atoms with Crippen molar-refractivity contribution in [1.82, 2.24) is 10.3 Å². The predicted octanol–water partition coefficient (Wildman–Crippen LogP) is 3.83. The highest BCUT2D eigenvalue weighted by molar-refractivity contribution is 5.66. The number of pyridine rings is 1. The second-order valence-corrected chi connectivity index (χ2v) is 5.84. The summed E-state index contributed by atoms with van der Waals surface area (Å²) >= 11 is 0. The fourth-order valence-corrected chi connectivity index (χ4v) is 3.04. The second-order valence-electron chi connectivity index (χ2n) is 5.84. The molecule has 2 atom stereocenters. The molecule has 0 fully saturated rings. The van der Waals surface area contributed by atoms with Gasteiger partial charge >= 0.3 is 0 Å². The number of aromatic nitrogens is 1. The van der Waals surface area contributed by atoms with Gasteiger partial charge in [-0.25, -0.2) is 4.98 Å². The maximum atomic E-state index is 4.63. The number of benzene rings is 1. The molecule has 2 unspecified atom stereocenters. The molecule has 21 heavy (non-hydrogen) atoms. The summed E-state index contributed by atoms with van der Waals surface area (Å²) in [5.41, 5.74) is 4.00. The number of hydrogen-bond acceptors (Lipinski definition) is 3. The fourth-order valence-electron chi connectivity index (χ4n) is 3.04. The highest BCUT2D eigenvalue weighted by Gasteiger charge is 2.25. The van der Waals surface area contributed by atoms with Crippen LogP contribution in [0.1, 0.15) is 37.4 Å². The van der Waals surface area contributed by atoms with E-state index >= 15 is 0 Å². The van der Waals surface area contributed by atoms with Crippen molar-refractivity contribution in [3.8, 4) is 0 Å². The average Bonchev–Trinajstić information content (AvgIpc) is 2.54. The Morgan fingerprint density at radius 2 is 2.10 bits per heavy atom. The van der Waals surface area contributed by atoms with Gasteiger partial charge in [0.15, 0.2) is 0 Å². The second kappa shape index (κ2) is 5.86. The van der Waals surface area contributed by atoms with Gasteiger partial charge in [-0.15, -0.1) is 0 Å². The van der Waals surface area contributed by atoms with Crippen LogP contribution in [0.4, 0.5) is 11.5 Å². The zero-order valence-electron chi connectivity index (χ0n) is 13.0. The van der Waals surface area contributed by atoms with Gasteiger partial charge in [0.05, 0.1) is 0 Å². The molecule has 0 amide bonds. The maximum absolute atomic E-state index is 4.63. The Hall–Kier alpha value is -1.87. The summed E-state index contributed by atoms with van der Waals surface area (Å²) in [6, 6.07) is 13.8. The molecule has 110 valence electrons.